The summed E-state index contributed by atoms with van der Waals surface area (Å²) in [6.07, 6.45) is 0. The van der Waals surface area contributed by atoms with Crippen LogP contribution in [0.5, 0.6) is 0 Å². The molecule has 248 valence electrons. The molecule has 4 heteroatoms. The van der Waals surface area contributed by atoms with Crippen molar-refractivity contribution in [1.29, 1.82) is 0 Å². The van der Waals surface area contributed by atoms with E-state index in [-0.39, 0.29) is 0 Å². The minimum Gasteiger partial charge on any atom is -0.344 e. The molecule has 0 spiro atoms. The van der Waals surface area contributed by atoms with E-state index in [1.807, 2.05) is 0 Å². The van der Waals surface area contributed by atoms with Crippen LogP contribution in [-0.4, -0.2) is 18.3 Å². The maximum Gasteiger partial charge on any atom is 0.0561 e. The average molecular weight is 677 g/mol. The third-order valence-electron chi connectivity index (χ3n) is 11.6. The van der Waals surface area contributed by atoms with Crippen LogP contribution < -0.4 is 0 Å². The minimum absolute atomic E-state index is 1.14. The normalized spacial score (nSPS) is 12.2. The van der Waals surface area contributed by atoms with E-state index in [9.17, 15) is 0 Å². The van der Waals surface area contributed by atoms with Gasteiger partial charge in [0.05, 0.1) is 33.1 Å². The van der Waals surface area contributed by atoms with Crippen molar-refractivity contribution < 1.29 is 0 Å². The van der Waals surface area contributed by atoms with E-state index in [0.717, 1.165) is 17.1 Å². The molecule has 8 aromatic carbocycles. The smallest absolute Gasteiger partial charge is 0.0561 e. The Labute approximate surface area is 304 Å². The molecule has 0 bridgehead atoms. The number of hydrogen-bond donors (Lipinski definition) is 0. The molecular weight excluding hydrogens is 645 g/mol. The number of para-hydroxylation sites is 5. The van der Waals surface area contributed by atoms with Gasteiger partial charge in [0.25, 0.3) is 0 Å². The molecular formula is C49H32N4. The molecule has 4 aromatic heterocycles. The first-order chi connectivity index (χ1) is 26.2. The third kappa shape index (κ3) is 3.84. The molecule has 0 aliphatic carbocycles. The molecule has 0 unspecified atom stereocenters. The zero-order valence-electron chi connectivity index (χ0n) is 29.0. The fourth-order valence-corrected chi connectivity index (χ4v) is 9.25. The second kappa shape index (κ2) is 10.5. The Morgan fingerprint density at radius 1 is 0.245 bits per heavy atom. The molecule has 4 nitrogen and oxygen atoms in total. The zero-order valence-corrected chi connectivity index (χ0v) is 29.0. The summed E-state index contributed by atoms with van der Waals surface area (Å²) in [4.78, 5) is 0. The number of rotatable bonds is 3. The van der Waals surface area contributed by atoms with Gasteiger partial charge in [-0.2, -0.15) is 0 Å². The van der Waals surface area contributed by atoms with Crippen molar-refractivity contribution in [3.63, 3.8) is 0 Å². The molecule has 0 aliphatic heterocycles. The highest BCUT2D eigenvalue weighted by molar-refractivity contribution is 6.14. The highest BCUT2D eigenvalue weighted by Gasteiger charge is 2.19. The van der Waals surface area contributed by atoms with E-state index >= 15 is 0 Å². The van der Waals surface area contributed by atoms with E-state index in [4.69, 9.17) is 0 Å². The zero-order chi connectivity index (χ0) is 34.8. The predicted octanol–water partition coefficient (Wildman–Crippen LogP) is 12.6. The van der Waals surface area contributed by atoms with Gasteiger partial charge in [-0.1, -0.05) is 97.1 Å². The van der Waals surface area contributed by atoms with Gasteiger partial charge in [-0.25, -0.2) is 0 Å². The van der Waals surface area contributed by atoms with E-state index in [1.54, 1.807) is 0 Å². The molecule has 0 saturated heterocycles. The molecule has 12 aromatic rings. The van der Waals surface area contributed by atoms with Crippen molar-refractivity contribution in [2.45, 2.75) is 0 Å². The standard InChI is InChI=1S/C49H32N4/c1-50-42-17-7-2-15-37(42)40-28-32(23-26-43(40)50)53-46-20-10-5-14-36(46)39-25-22-33(30-49(39)53)52-47-21-11-6-16-38(47)41-29-31(24-27-48(41)52)51-44-18-8-3-12-34(44)35-13-4-9-19-45(35)51/h2-30H,1H3. The van der Waals surface area contributed by atoms with Gasteiger partial charge in [0, 0.05) is 78.2 Å². The van der Waals surface area contributed by atoms with E-state index in [1.165, 1.54) is 87.2 Å². The van der Waals surface area contributed by atoms with Crippen LogP contribution in [-0.2, 0) is 7.05 Å². The summed E-state index contributed by atoms with van der Waals surface area (Å²) in [5.41, 5.74) is 13.2. The van der Waals surface area contributed by atoms with Crippen molar-refractivity contribution >= 4 is 87.2 Å². The third-order valence-corrected chi connectivity index (χ3v) is 11.6. The summed E-state index contributed by atoms with van der Waals surface area (Å²) >= 11 is 0. The number of benzene rings is 8. The monoisotopic (exact) mass is 676 g/mol. The second-order valence-corrected chi connectivity index (χ2v) is 14.3. The summed E-state index contributed by atoms with van der Waals surface area (Å²) in [5.74, 6) is 0. The number of aryl methyl sites for hydroxylation is 1. The maximum absolute atomic E-state index is 2.45. The first kappa shape index (κ1) is 28.6. The molecule has 0 atom stereocenters. The average Bonchev–Trinajstić information content (AvgIpc) is 3.92. The van der Waals surface area contributed by atoms with Crippen LogP contribution >= 0.6 is 0 Å². The molecule has 0 saturated carbocycles. The van der Waals surface area contributed by atoms with Crippen molar-refractivity contribution in [3.8, 4) is 17.1 Å². The molecule has 0 amide bonds. The fourth-order valence-electron chi connectivity index (χ4n) is 9.25. The highest BCUT2D eigenvalue weighted by Crippen LogP contribution is 2.40. The van der Waals surface area contributed by atoms with Gasteiger partial charge >= 0.3 is 0 Å². The quantitative estimate of drug-likeness (QED) is 0.177. The molecule has 0 N–H and O–H groups in total. The van der Waals surface area contributed by atoms with Crippen molar-refractivity contribution in [3.05, 3.63) is 176 Å². The number of hydrogen-bond acceptors (Lipinski definition) is 0. The van der Waals surface area contributed by atoms with Gasteiger partial charge in [-0.3, -0.25) is 0 Å². The van der Waals surface area contributed by atoms with Crippen LogP contribution in [0.25, 0.3) is 104 Å². The first-order valence-electron chi connectivity index (χ1n) is 18.3. The van der Waals surface area contributed by atoms with Gasteiger partial charge < -0.3 is 18.3 Å². The van der Waals surface area contributed by atoms with Crippen LogP contribution in [0, 0.1) is 0 Å². The second-order valence-electron chi connectivity index (χ2n) is 14.3. The Morgan fingerprint density at radius 3 is 1.08 bits per heavy atom. The summed E-state index contributed by atoms with van der Waals surface area (Å²) in [5, 5.41) is 10.1. The number of nitrogens with zero attached hydrogens (tertiary/aromatic N) is 4. The molecule has 12 rings (SSSR count). The minimum atomic E-state index is 1.14. The first-order valence-corrected chi connectivity index (χ1v) is 18.3. The van der Waals surface area contributed by atoms with Crippen LogP contribution in [0.4, 0.5) is 0 Å². The lowest BCUT2D eigenvalue weighted by atomic mass is 10.1. The Hall–Kier alpha value is -7.04. The van der Waals surface area contributed by atoms with E-state index in [0.29, 0.717) is 0 Å². The van der Waals surface area contributed by atoms with Crippen molar-refractivity contribution in [2.24, 2.45) is 7.05 Å². The number of aromatic nitrogens is 4. The highest BCUT2D eigenvalue weighted by atomic mass is 15.0. The molecule has 0 aliphatic rings. The van der Waals surface area contributed by atoms with Crippen molar-refractivity contribution in [2.75, 3.05) is 0 Å². The van der Waals surface area contributed by atoms with E-state index in [2.05, 4.69) is 201 Å². The summed E-state index contributed by atoms with van der Waals surface area (Å²) in [6.45, 7) is 0. The van der Waals surface area contributed by atoms with E-state index < -0.39 is 0 Å². The van der Waals surface area contributed by atoms with Gasteiger partial charge in [0.2, 0.25) is 0 Å². The molecule has 0 radical (unpaired) electrons. The molecule has 53 heavy (non-hydrogen) atoms. The topological polar surface area (TPSA) is 19.7 Å². The van der Waals surface area contributed by atoms with Crippen LogP contribution in [0.1, 0.15) is 0 Å². The SMILES string of the molecule is Cn1c2ccccc2c2cc(-n3c4ccccc4c4ccc(-n5c6ccccc6c6cc(-n7c8ccccc8c8ccccc87)ccc65)cc43)ccc21. The largest absolute Gasteiger partial charge is 0.344 e. The van der Waals surface area contributed by atoms with Crippen LogP contribution in [0.15, 0.2) is 176 Å². The number of fused-ring (bicyclic) bond motifs is 12. The molecule has 0 fully saturated rings. The van der Waals surface area contributed by atoms with Crippen LogP contribution in [0.2, 0.25) is 0 Å². The van der Waals surface area contributed by atoms with Gasteiger partial charge in [-0.15, -0.1) is 0 Å². The van der Waals surface area contributed by atoms with Gasteiger partial charge in [-0.05, 0) is 78.9 Å². The Balaban J connectivity index is 1.11. The summed E-state index contributed by atoms with van der Waals surface area (Å²) in [6, 6.07) is 64.7. The lowest BCUT2D eigenvalue weighted by molar-refractivity contribution is 1.01. The Kier molecular flexibility index (Phi) is 5.67. The summed E-state index contributed by atoms with van der Waals surface area (Å²) in [7, 11) is 2.16. The lowest BCUT2D eigenvalue weighted by Crippen LogP contribution is -1.97. The van der Waals surface area contributed by atoms with Crippen molar-refractivity contribution in [1.82, 2.24) is 18.3 Å². The summed E-state index contributed by atoms with van der Waals surface area (Å²) < 4.78 is 9.60. The maximum atomic E-state index is 2.45. The predicted molar refractivity (Wildman–Crippen MR) is 223 cm³/mol. The molecule has 4 heterocycles. The Bertz CT molecular complexity index is 3420. The van der Waals surface area contributed by atoms with Gasteiger partial charge in [0.1, 0.15) is 0 Å². The lowest BCUT2D eigenvalue weighted by Gasteiger charge is -2.12. The van der Waals surface area contributed by atoms with Gasteiger partial charge in [0.15, 0.2) is 0 Å². The van der Waals surface area contributed by atoms with Crippen LogP contribution in [0.3, 0.4) is 0 Å². The fraction of sp³-hybridized carbons (Fsp3) is 0.0204. The Morgan fingerprint density at radius 2 is 0.547 bits per heavy atom.